The molecule has 1 amide bonds. The molecule has 142 valence electrons. The fourth-order valence-electron chi connectivity index (χ4n) is 3.87. The molecule has 0 spiro atoms. The number of hydrogen-bond acceptors (Lipinski definition) is 4. The Morgan fingerprint density at radius 3 is 2.82 bits per heavy atom. The summed E-state index contributed by atoms with van der Waals surface area (Å²) in [6, 6.07) is 13.2. The molecular weight excluding hydrogens is 376 g/mol. The molecule has 5 rings (SSSR count). The van der Waals surface area contributed by atoms with Gasteiger partial charge in [0.15, 0.2) is 11.5 Å². The first-order chi connectivity index (χ1) is 13.7. The summed E-state index contributed by atoms with van der Waals surface area (Å²) in [5.41, 5.74) is 3.19. The van der Waals surface area contributed by atoms with E-state index in [0.717, 1.165) is 41.1 Å². The molecule has 28 heavy (non-hydrogen) atoms. The Kier molecular flexibility index (Phi) is 4.32. The van der Waals surface area contributed by atoms with Gasteiger partial charge in [0.2, 0.25) is 0 Å². The lowest BCUT2D eigenvalue weighted by atomic mass is 9.96. The van der Waals surface area contributed by atoms with E-state index in [0.29, 0.717) is 30.3 Å². The van der Waals surface area contributed by atoms with E-state index < -0.39 is 0 Å². The number of aromatic nitrogens is 1. The van der Waals surface area contributed by atoms with Crippen molar-refractivity contribution in [2.45, 2.75) is 18.8 Å². The summed E-state index contributed by atoms with van der Waals surface area (Å²) in [5.74, 6) is 1.83. The van der Waals surface area contributed by atoms with Crippen LogP contribution in [0.3, 0.4) is 0 Å². The minimum atomic E-state index is 0.0531. The number of halogens is 1. The number of oxazole rings is 1. The Morgan fingerprint density at radius 1 is 1.14 bits per heavy atom. The molecule has 3 aromatic rings. The van der Waals surface area contributed by atoms with Crippen LogP contribution in [0.25, 0.3) is 17.2 Å². The predicted octanol–water partition coefficient (Wildman–Crippen LogP) is 4.66. The van der Waals surface area contributed by atoms with Gasteiger partial charge < -0.3 is 14.1 Å². The van der Waals surface area contributed by atoms with Crippen molar-refractivity contribution in [2.24, 2.45) is 0 Å². The Balaban J connectivity index is 1.28. The first-order valence-corrected chi connectivity index (χ1v) is 9.83. The Morgan fingerprint density at radius 2 is 1.96 bits per heavy atom. The minimum absolute atomic E-state index is 0.0531. The lowest BCUT2D eigenvalue weighted by Gasteiger charge is -2.32. The van der Waals surface area contributed by atoms with E-state index in [1.807, 2.05) is 47.4 Å². The van der Waals surface area contributed by atoms with Crippen LogP contribution in [0.15, 0.2) is 52.5 Å². The Hall–Kier alpha value is -2.79. The highest BCUT2D eigenvalue weighted by molar-refractivity contribution is 6.31. The fraction of sp³-hybridized carbons (Fsp3) is 0.273. The number of para-hydroxylation sites is 1. The number of nitrogens with zero attached hydrogens (tertiary/aromatic N) is 2. The number of fused-ring (bicyclic) bond motifs is 2. The number of ether oxygens (including phenoxy) is 1. The van der Waals surface area contributed by atoms with Gasteiger partial charge in [0.1, 0.15) is 17.9 Å². The first kappa shape index (κ1) is 17.3. The van der Waals surface area contributed by atoms with Crippen molar-refractivity contribution < 1.29 is 13.9 Å². The summed E-state index contributed by atoms with van der Waals surface area (Å²) in [4.78, 5) is 19.4. The van der Waals surface area contributed by atoms with E-state index in [1.165, 1.54) is 0 Å². The zero-order valence-corrected chi connectivity index (χ0v) is 16.0. The molecule has 2 aliphatic rings. The van der Waals surface area contributed by atoms with E-state index in [4.69, 9.17) is 20.8 Å². The molecule has 1 fully saturated rings. The SMILES string of the molecule is O=C(C1=Cc2ccccc2OC1)N1CCC(c2nc3cc(Cl)ccc3o2)CC1. The van der Waals surface area contributed by atoms with Crippen LogP contribution in [0.2, 0.25) is 5.02 Å². The number of carbonyl (C=O) groups excluding carboxylic acids is 1. The smallest absolute Gasteiger partial charge is 0.253 e. The standard InChI is InChI=1S/C22H19ClN2O3/c23-17-5-6-20-18(12-17)24-21(28-20)14-7-9-25(10-8-14)22(26)16-11-15-3-1-2-4-19(15)27-13-16/h1-6,11-12,14H,7-10,13H2. The molecule has 2 aliphatic heterocycles. The van der Waals surface area contributed by atoms with E-state index >= 15 is 0 Å². The third-order valence-corrected chi connectivity index (χ3v) is 5.64. The fourth-order valence-corrected chi connectivity index (χ4v) is 4.03. The highest BCUT2D eigenvalue weighted by atomic mass is 35.5. The van der Waals surface area contributed by atoms with Crippen LogP contribution in [-0.2, 0) is 4.79 Å². The number of rotatable bonds is 2. The topological polar surface area (TPSA) is 55.6 Å². The van der Waals surface area contributed by atoms with Crippen LogP contribution >= 0.6 is 11.6 Å². The summed E-state index contributed by atoms with van der Waals surface area (Å²) in [6.45, 7) is 1.69. The Labute approximate surface area is 167 Å². The maximum absolute atomic E-state index is 12.9. The van der Waals surface area contributed by atoms with Gasteiger partial charge in [-0.15, -0.1) is 0 Å². The third kappa shape index (κ3) is 3.16. The van der Waals surface area contributed by atoms with Crippen molar-refractivity contribution in [1.29, 1.82) is 0 Å². The van der Waals surface area contributed by atoms with Gasteiger partial charge in [-0.1, -0.05) is 29.8 Å². The zero-order valence-electron chi connectivity index (χ0n) is 15.2. The molecule has 0 unspecified atom stereocenters. The van der Waals surface area contributed by atoms with Gasteiger partial charge in [0.05, 0.1) is 5.57 Å². The second-order valence-electron chi connectivity index (χ2n) is 7.23. The number of piperidine rings is 1. The van der Waals surface area contributed by atoms with Crippen molar-refractivity contribution in [2.75, 3.05) is 19.7 Å². The van der Waals surface area contributed by atoms with Crippen LogP contribution in [0.4, 0.5) is 0 Å². The van der Waals surface area contributed by atoms with E-state index in [1.54, 1.807) is 6.07 Å². The highest BCUT2D eigenvalue weighted by Gasteiger charge is 2.29. The molecule has 5 nitrogen and oxygen atoms in total. The van der Waals surface area contributed by atoms with Gasteiger partial charge in [0, 0.05) is 29.6 Å². The summed E-state index contributed by atoms with van der Waals surface area (Å²) < 4.78 is 11.6. The van der Waals surface area contributed by atoms with E-state index in [2.05, 4.69) is 4.98 Å². The van der Waals surface area contributed by atoms with Crippen LogP contribution in [0.1, 0.15) is 30.2 Å². The Bertz CT molecular complexity index is 1080. The number of likely N-dealkylation sites (tertiary alicyclic amines) is 1. The van der Waals surface area contributed by atoms with Crippen LogP contribution in [0, 0.1) is 0 Å². The zero-order chi connectivity index (χ0) is 19.1. The van der Waals surface area contributed by atoms with Gasteiger partial charge in [-0.05, 0) is 43.2 Å². The molecule has 0 aliphatic carbocycles. The van der Waals surface area contributed by atoms with Gasteiger partial charge in [0.25, 0.3) is 5.91 Å². The molecule has 1 aromatic heterocycles. The van der Waals surface area contributed by atoms with Crippen LogP contribution in [-0.4, -0.2) is 35.5 Å². The van der Waals surface area contributed by atoms with E-state index in [9.17, 15) is 4.79 Å². The monoisotopic (exact) mass is 394 g/mol. The minimum Gasteiger partial charge on any atom is -0.488 e. The molecule has 2 aromatic carbocycles. The number of carbonyl (C=O) groups is 1. The normalized spacial score (nSPS) is 17.2. The molecule has 0 N–H and O–H groups in total. The molecule has 0 saturated carbocycles. The van der Waals surface area contributed by atoms with Crippen molar-refractivity contribution in [3.8, 4) is 5.75 Å². The molecule has 0 atom stereocenters. The van der Waals surface area contributed by atoms with E-state index in [-0.39, 0.29) is 11.8 Å². The van der Waals surface area contributed by atoms with Gasteiger partial charge in [-0.2, -0.15) is 0 Å². The van der Waals surface area contributed by atoms with Gasteiger partial charge in [-0.25, -0.2) is 4.98 Å². The van der Waals surface area contributed by atoms with Crippen molar-refractivity contribution in [1.82, 2.24) is 9.88 Å². The van der Waals surface area contributed by atoms with Crippen molar-refractivity contribution >= 4 is 34.7 Å². The second kappa shape index (κ2) is 6.99. The molecule has 0 bridgehead atoms. The molecule has 3 heterocycles. The highest BCUT2D eigenvalue weighted by Crippen LogP contribution is 2.32. The quantitative estimate of drug-likeness (QED) is 0.634. The van der Waals surface area contributed by atoms with Crippen molar-refractivity contribution in [3.05, 3.63) is 64.5 Å². The maximum Gasteiger partial charge on any atom is 0.253 e. The maximum atomic E-state index is 12.9. The molecule has 0 radical (unpaired) electrons. The summed E-state index contributed by atoms with van der Waals surface area (Å²) in [5, 5.41) is 0.650. The average molecular weight is 395 g/mol. The largest absolute Gasteiger partial charge is 0.488 e. The van der Waals surface area contributed by atoms with Crippen LogP contribution < -0.4 is 4.74 Å². The lowest BCUT2D eigenvalue weighted by Crippen LogP contribution is -2.40. The first-order valence-electron chi connectivity index (χ1n) is 9.45. The number of amides is 1. The van der Waals surface area contributed by atoms with Gasteiger partial charge >= 0.3 is 0 Å². The predicted molar refractivity (Wildman–Crippen MR) is 107 cm³/mol. The van der Waals surface area contributed by atoms with Crippen molar-refractivity contribution in [3.63, 3.8) is 0 Å². The molecule has 1 saturated heterocycles. The summed E-state index contributed by atoms with van der Waals surface area (Å²) >= 11 is 6.03. The summed E-state index contributed by atoms with van der Waals surface area (Å²) in [6.07, 6.45) is 3.60. The number of hydrogen-bond donors (Lipinski definition) is 0. The van der Waals surface area contributed by atoms with Gasteiger partial charge in [-0.3, -0.25) is 4.79 Å². The molecule has 6 heteroatoms. The summed E-state index contributed by atoms with van der Waals surface area (Å²) in [7, 11) is 0. The van der Waals surface area contributed by atoms with Crippen LogP contribution in [0.5, 0.6) is 5.75 Å². The average Bonchev–Trinajstić information content (AvgIpc) is 3.16. The second-order valence-corrected chi connectivity index (χ2v) is 7.66. The molecular formula is C22H19ClN2O3. The lowest BCUT2D eigenvalue weighted by molar-refractivity contribution is -0.128. The third-order valence-electron chi connectivity index (χ3n) is 5.40. The number of benzene rings is 2.